The summed E-state index contributed by atoms with van der Waals surface area (Å²) in [6, 6.07) is 5.33. The first-order valence-electron chi connectivity index (χ1n) is 4.94. The molecule has 1 heterocycles. The number of benzene rings is 1. The van der Waals surface area contributed by atoms with Gasteiger partial charge in [-0.25, -0.2) is 0 Å². The number of alkyl halides is 1. The van der Waals surface area contributed by atoms with Crippen LogP contribution in [-0.2, 0) is 11.2 Å². The number of aliphatic hydroxyl groups excluding tert-OH is 1. The van der Waals surface area contributed by atoms with Crippen molar-refractivity contribution in [3.05, 3.63) is 28.8 Å². The highest BCUT2D eigenvalue weighted by molar-refractivity contribution is 6.31. The molecule has 1 aliphatic rings. The van der Waals surface area contributed by atoms with Crippen LogP contribution >= 0.6 is 23.2 Å². The molecule has 1 unspecified atom stereocenters. The number of halogens is 2. The molecule has 0 aromatic heterocycles. The largest absolute Gasteiger partial charge is 0.390 e. The molecule has 1 atom stereocenters. The third-order valence-corrected chi connectivity index (χ3v) is 3.14. The highest BCUT2D eigenvalue weighted by atomic mass is 35.5. The Balaban J connectivity index is 2.28. The number of nitrogens with zero attached hydrogens (tertiary/aromatic N) is 1. The molecule has 1 aliphatic heterocycles. The number of β-amino-alcohol motifs (C(OH)–C–C–N with tert-alkyl or cyclic N) is 1. The lowest BCUT2D eigenvalue weighted by molar-refractivity contribution is -0.117. The first-order chi connectivity index (χ1) is 7.61. The summed E-state index contributed by atoms with van der Waals surface area (Å²) in [6.45, 7) is 0.218. The summed E-state index contributed by atoms with van der Waals surface area (Å²) in [5.74, 6) is 0.0843. The van der Waals surface area contributed by atoms with Crippen LogP contribution in [0.3, 0.4) is 0 Å². The van der Waals surface area contributed by atoms with Crippen LogP contribution in [0.15, 0.2) is 18.2 Å². The van der Waals surface area contributed by atoms with Crippen molar-refractivity contribution in [3.63, 3.8) is 0 Å². The number of fused-ring (bicyclic) bond motifs is 1. The molecular weight excluding hydrogens is 249 g/mol. The number of rotatable bonds is 3. The summed E-state index contributed by atoms with van der Waals surface area (Å²) in [4.78, 5) is 13.3. The molecular formula is C11H11Cl2NO2. The van der Waals surface area contributed by atoms with Crippen LogP contribution in [0.5, 0.6) is 0 Å². The number of carbonyl (C=O) groups is 1. The predicted molar refractivity (Wildman–Crippen MR) is 64.2 cm³/mol. The van der Waals surface area contributed by atoms with Gasteiger partial charge in [0.2, 0.25) is 5.91 Å². The summed E-state index contributed by atoms with van der Waals surface area (Å²) in [5, 5.41) is 10.1. The zero-order valence-electron chi connectivity index (χ0n) is 8.49. The topological polar surface area (TPSA) is 40.5 Å². The second-order valence-corrected chi connectivity index (χ2v) is 4.51. The van der Waals surface area contributed by atoms with E-state index in [1.54, 1.807) is 12.1 Å². The Morgan fingerprint density at radius 2 is 2.25 bits per heavy atom. The molecule has 1 aromatic carbocycles. The maximum absolute atomic E-state index is 11.7. The van der Waals surface area contributed by atoms with Gasteiger partial charge in [-0.2, -0.15) is 0 Å². The number of anilines is 1. The van der Waals surface area contributed by atoms with Gasteiger partial charge >= 0.3 is 0 Å². The SMILES string of the molecule is O=C1Cc2ccc(Cl)cc2N1CC(O)CCl. The molecule has 0 bridgehead atoms. The Hall–Kier alpha value is -0.770. The smallest absolute Gasteiger partial charge is 0.231 e. The first kappa shape index (κ1) is 11.7. The lowest BCUT2D eigenvalue weighted by Gasteiger charge is -2.20. The summed E-state index contributed by atoms with van der Waals surface area (Å²) < 4.78 is 0. The van der Waals surface area contributed by atoms with Crippen molar-refractivity contribution < 1.29 is 9.90 Å². The van der Waals surface area contributed by atoms with E-state index in [1.807, 2.05) is 6.07 Å². The van der Waals surface area contributed by atoms with Crippen molar-refractivity contribution in [2.45, 2.75) is 12.5 Å². The standard InChI is InChI=1S/C11H11Cl2NO2/c12-5-9(15)6-14-10-4-8(13)2-1-7(10)3-11(14)16/h1-2,4,9,15H,3,5-6H2. The average Bonchev–Trinajstić information content (AvgIpc) is 2.55. The molecule has 1 aromatic rings. The zero-order chi connectivity index (χ0) is 11.7. The number of hydrogen-bond donors (Lipinski definition) is 1. The summed E-state index contributed by atoms with van der Waals surface area (Å²) in [7, 11) is 0. The number of aliphatic hydroxyl groups is 1. The van der Waals surface area contributed by atoms with Gasteiger partial charge in [-0.1, -0.05) is 17.7 Å². The Morgan fingerprint density at radius 3 is 2.94 bits per heavy atom. The Labute approximate surface area is 104 Å². The van der Waals surface area contributed by atoms with Crippen LogP contribution in [-0.4, -0.2) is 29.5 Å². The lowest BCUT2D eigenvalue weighted by Crippen LogP contribution is -2.35. The van der Waals surface area contributed by atoms with Crippen molar-refractivity contribution >= 4 is 34.8 Å². The summed E-state index contributed by atoms with van der Waals surface area (Å²) in [5.41, 5.74) is 1.72. The fourth-order valence-corrected chi connectivity index (χ4v) is 2.05. The van der Waals surface area contributed by atoms with E-state index < -0.39 is 6.10 Å². The molecule has 0 spiro atoms. The maximum atomic E-state index is 11.7. The van der Waals surface area contributed by atoms with E-state index in [-0.39, 0.29) is 18.3 Å². The third kappa shape index (κ3) is 2.17. The highest BCUT2D eigenvalue weighted by Crippen LogP contribution is 2.31. The van der Waals surface area contributed by atoms with Crippen molar-refractivity contribution in [1.29, 1.82) is 0 Å². The molecule has 0 saturated heterocycles. The van der Waals surface area contributed by atoms with Crippen LogP contribution in [0.4, 0.5) is 5.69 Å². The minimum Gasteiger partial charge on any atom is -0.390 e. The van der Waals surface area contributed by atoms with Crippen LogP contribution in [0.25, 0.3) is 0 Å². The van der Waals surface area contributed by atoms with Gasteiger partial charge in [-0.3, -0.25) is 4.79 Å². The Kier molecular flexibility index (Phi) is 3.38. The highest BCUT2D eigenvalue weighted by Gasteiger charge is 2.28. The van der Waals surface area contributed by atoms with Crippen molar-refractivity contribution in [3.8, 4) is 0 Å². The third-order valence-electron chi connectivity index (χ3n) is 2.55. The molecule has 1 amide bonds. The van der Waals surface area contributed by atoms with Crippen LogP contribution in [0.1, 0.15) is 5.56 Å². The van der Waals surface area contributed by atoms with Gasteiger partial charge in [0.15, 0.2) is 0 Å². The molecule has 0 fully saturated rings. The quantitative estimate of drug-likeness (QED) is 0.842. The van der Waals surface area contributed by atoms with E-state index in [0.29, 0.717) is 11.4 Å². The molecule has 16 heavy (non-hydrogen) atoms. The molecule has 3 nitrogen and oxygen atoms in total. The lowest BCUT2D eigenvalue weighted by atomic mass is 10.2. The fourth-order valence-electron chi connectivity index (χ4n) is 1.79. The van der Waals surface area contributed by atoms with E-state index in [0.717, 1.165) is 11.3 Å². The number of carbonyl (C=O) groups excluding carboxylic acids is 1. The minimum atomic E-state index is -0.712. The zero-order valence-corrected chi connectivity index (χ0v) is 10.0. The molecule has 0 aliphatic carbocycles. The Bertz CT molecular complexity index is 422. The van der Waals surface area contributed by atoms with E-state index in [1.165, 1.54) is 4.90 Å². The van der Waals surface area contributed by atoms with Crippen molar-refractivity contribution in [1.82, 2.24) is 0 Å². The molecule has 5 heteroatoms. The van der Waals surface area contributed by atoms with E-state index in [2.05, 4.69) is 0 Å². The van der Waals surface area contributed by atoms with Gasteiger partial charge in [0.1, 0.15) is 0 Å². The minimum absolute atomic E-state index is 0.0265. The monoisotopic (exact) mass is 259 g/mol. The molecule has 1 N–H and O–H groups in total. The van der Waals surface area contributed by atoms with E-state index in [4.69, 9.17) is 23.2 Å². The van der Waals surface area contributed by atoms with Crippen LogP contribution in [0.2, 0.25) is 5.02 Å². The molecule has 0 radical (unpaired) electrons. The van der Waals surface area contributed by atoms with Gasteiger partial charge in [0, 0.05) is 10.7 Å². The number of hydrogen-bond acceptors (Lipinski definition) is 2. The summed E-state index contributed by atoms with van der Waals surface area (Å²) in [6.07, 6.45) is -0.350. The molecule has 86 valence electrons. The van der Waals surface area contributed by atoms with E-state index in [9.17, 15) is 9.90 Å². The van der Waals surface area contributed by atoms with Crippen molar-refractivity contribution in [2.75, 3.05) is 17.3 Å². The second-order valence-electron chi connectivity index (χ2n) is 3.76. The first-order valence-corrected chi connectivity index (χ1v) is 5.86. The normalized spacial score (nSPS) is 16.4. The molecule has 2 rings (SSSR count). The Morgan fingerprint density at radius 1 is 1.50 bits per heavy atom. The van der Waals surface area contributed by atoms with Gasteiger partial charge < -0.3 is 10.0 Å². The van der Waals surface area contributed by atoms with Gasteiger partial charge in [-0.15, -0.1) is 11.6 Å². The van der Waals surface area contributed by atoms with Crippen LogP contribution in [0, 0.1) is 0 Å². The van der Waals surface area contributed by atoms with Gasteiger partial charge in [0.05, 0.1) is 24.9 Å². The van der Waals surface area contributed by atoms with Gasteiger partial charge in [0.25, 0.3) is 0 Å². The van der Waals surface area contributed by atoms with Gasteiger partial charge in [-0.05, 0) is 17.7 Å². The fraction of sp³-hybridized carbons (Fsp3) is 0.364. The van der Waals surface area contributed by atoms with Crippen molar-refractivity contribution in [2.24, 2.45) is 0 Å². The number of amides is 1. The van der Waals surface area contributed by atoms with Crippen LogP contribution < -0.4 is 4.90 Å². The van der Waals surface area contributed by atoms with E-state index >= 15 is 0 Å². The second kappa shape index (κ2) is 4.62. The predicted octanol–water partition coefficient (Wildman–Crippen LogP) is 1.83. The summed E-state index contributed by atoms with van der Waals surface area (Å²) >= 11 is 11.4. The molecule has 0 saturated carbocycles. The maximum Gasteiger partial charge on any atom is 0.231 e. The average molecular weight is 260 g/mol.